The van der Waals surface area contributed by atoms with Crippen LogP contribution in [0.4, 0.5) is 0 Å². The molecule has 0 aromatic heterocycles. The highest BCUT2D eigenvalue weighted by molar-refractivity contribution is 5.74. The third-order valence-corrected chi connectivity index (χ3v) is 14.5. The molecule has 0 aromatic carbocycles. The summed E-state index contributed by atoms with van der Waals surface area (Å²) in [6.45, 7) is 10.4. The van der Waals surface area contributed by atoms with E-state index in [1.165, 1.54) is 11.1 Å². The van der Waals surface area contributed by atoms with Gasteiger partial charge in [0.05, 0.1) is 67.4 Å². The number of allylic oxidation sites excluding steroid dienone is 1. The Morgan fingerprint density at radius 1 is 0.804 bits per heavy atom. The van der Waals surface area contributed by atoms with Gasteiger partial charge in [0, 0.05) is 47.5 Å². The summed E-state index contributed by atoms with van der Waals surface area (Å²) in [6, 6.07) is 0. The van der Waals surface area contributed by atoms with Crippen LogP contribution in [0, 0.1) is 23.2 Å². The Morgan fingerprint density at radius 3 is 2.05 bits per heavy atom. The fourth-order valence-electron chi connectivity index (χ4n) is 11.2. The standard InChI is InChI=1S/C42H64O14/c1-21-37(43)29(45-6)16-34(50-21)55-39-23(3)52-35(18-31(39)47-8)56-38-22(2)51-33(17-30(38)46-7)53-26-13-14-41(4)25(15-26)10-11-27-28(41)12-9-24-19-48-42(5)36(24)32(20-49-42)54-40(27)44/h10,19,21-23,26-39,43H,9,11-18,20H2,1-8H3. The lowest BCUT2D eigenvalue weighted by Gasteiger charge is -2.51. The second-order valence-electron chi connectivity index (χ2n) is 17.8. The molecule has 8 aliphatic rings. The van der Waals surface area contributed by atoms with E-state index < -0.39 is 49.1 Å². The number of ether oxygens (including phenoxy) is 12. The molecular weight excluding hydrogens is 728 g/mol. The Morgan fingerprint density at radius 2 is 1.41 bits per heavy atom. The highest BCUT2D eigenvalue weighted by atomic mass is 16.7. The molecule has 0 bridgehead atoms. The van der Waals surface area contributed by atoms with Crippen molar-refractivity contribution in [2.75, 3.05) is 27.9 Å². The van der Waals surface area contributed by atoms with Crippen LogP contribution in [-0.4, -0.2) is 131 Å². The van der Waals surface area contributed by atoms with E-state index >= 15 is 0 Å². The van der Waals surface area contributed by atoms with Crippen molar-refractivity contribution >= 4 is 5.97 Å². The number of carbonyl (C=O) groups is 1. The summed E-state index contributed by atoms with van der Waals surface area (Å²) in [6.07, 6.45) is 5.05. The van der Waals surface area contributed by atoms with Gasteiger partial charge in [-0.25, -0.2) is 0 Å². The maximum absolute atomic E-state index is 13.7. The van der Waals surface area contributed by atoms with Gasteiger partial charge < -0.3 is 61.9 Å². The number of aliphatic hydroxyl groups excluding tert-OH is 1. The molecule has 6 heterocycles. The van der Waals surface area contributed by atoms with Gasteiger partial charge in [-0.15, -0.1) is 0 Å². The van der Waals surface area contributed by atoms with Crippen LogP contribution < -0.4 is 0 Å². The first-order valence-corrected chi connectivity index (χ1v) is 20.9. The van der Waals surface area contributed by atoms with Gasteiger partial charge in [0.2, 0.25) is 5.79 Å². The van der Waals surface area contributed by atoms with E-state index in [0.717, 1.165) is 32.1 Å². The first kappa shape index (κ1) is 41.1. The summed E-state index contributed by atoms with van der Waals surface area (Å²) in [5.74, 6) is -0.887. The maximum Gasteiger partial charge on any atom is 0.309 e. The Labute approximate surface area is 331 Å². The number of esters is 1. The average molecular weight is 793 g/mol. The molecule has 14 heteroatoms. The van der Waals surface area contributed by atoms with Crippen molar-refractivity contribution in [1.82, 2.24) is 0 Å². The molecule has 0 radical (unpaired) electrons. The van der Waals surface area contributed by atoms with Gasteiger partial charge in [-0.05, 0) is 76.2 Å². The number of methoxy groups -OCH3 is 3. The number of hydrogen-bond donors (Lipinski definition) is 1. The van der Waals surface area contributed by atoms with Gasteiger partial charge in [-0.2, -0.15) is 0 Å². The van der Waals surface area contributed by atoms with Gasteiger partial charge in [0.25, 0.3) is 0 Å². The molecule has 1 N–H and O–H groups in total. The van der Waals surface area contributed by atoms with Crippen LogP contribution in [0.1, 0.15) is 92.4 Å². The third kappa shape index (κ3) is 7.63. The zero-order valence-electron chi connectivity index (χ0n) is 34.3. The molecule has 0 amide bonds. The van der Waals surface area contributed by atoms with E-state index in [-0.39, 0.29) is 71.9 Å². The molecule has 316 valence electrons. The zero-order valence-corrected chi connectivity index (χ0v) is 34.3. The van der Waals surface area contributed by atoms with Crippen molar-refractivity contribution in [2.45, 2.75) is 184 Å². The molecule has 56 heavy (non-hydrogen) atoms. The number of fused-ring (bicyclic) bond motifs is 3. The zero-order chi connectivity index (χ0) is 39.5. The topological polar surface area (TPSA) is 148 Å². The molecule has 0 aromatic rings. The van der Waals surface area contributed by atoms with E-state index in [1.807, 2.05) is 34.0 Å². The Kier molecular flexibility index (Phi) is 12.0. The SMILES string of the molecule is COC1CC(OC2C(C)OC(OC3C(C)OC(OC4CCC5(C)C(=CCC6C(=O)OC7COC8(C)OC=C(CCC65)C78)C4)CC3OC)CC2OC)OC(C)C1O. The molecule has 6 fully saturated rings. The summed E-state index contributed by atoms with van der Waals surface area (Å²) in [4.78, 5) is 13.7. The second-order valence-corrected chi connectivity index (χ2v) is 17.8. The highest BCUT2D eigenvalue weighted by Gasteiger charge is 2.58. The van der Waals surface area contributed by atoms with Crippen LogP contribution in [0.3, 0.4) is 0 Å². The van der Waals surface area contributed by atoms with Gasteiger partial charge in [0.15, 0.2) is 18.9 Å². The number of hydrogen-bond acceptors (Lipinski definition) is 14. The second kappa shape index (κ2) is 16.4. The molecule has 19 unspecified atom stereocenters. The number of aliphatic hydroxyl groups is 1. The minimum Gasteiger partial charge on any atom is -0.469 e. The molecular formula is C42H64O14. The predicted molar refractivity (Wildman–Crippen MR) is 198 cm³/mol. The molecule has 14 nitrogen and oxygen atoms in total. The quantitative estimate of drug-likeness (QED) is 0.254. The van der Waals surface area contributed by atoms with Crippen LogP contribution in [-0.2, 0) is 61.6 Å². The van der Waals surface area contributed by atoms with Crippen molar-refractivity contribution in [3.05, 3.63) is 23.5 Å². The Hall–Kier alpha value is -1.69. The van der Waals surface area contributed by atoms with Crippen LogP contribution in [0.25, 0.3) is 0 Å². The Balaban J connectivity index is 0.859. The van der Waals surface area contributed by atoms with Crippen molar-refractivity contribution in [1.29, 1.82) is 0 Å². The lowest BCUT2D eigenvalue weighted by Crippen LogP contribution is -2.57. The molecule has 0 spiro atoms. The summed E-state index contributed by atoms with van der Waals surface area (Å²) in [7, 11) is 4.94. The Bertz CT molecular complexity index is 1470. The fraction of sp³-hybridized carbons (Fsp3) is 0.881. The van der Waals surface area contributed by atoms with Crippen molar-refractivity contribution in [3.63, 3.8) is 0 Å². The van der Waals surface area contributed by atoms with E-state index in [2.05, 4.69) is 13.0 Å². The van der Waals surface area contributed by atoms with Crippen molar-refractivity contribution < 1.29 is 66.7 Å². The molecule has 2 aliphatic carbocycles. The summed E-state index contributed by atoms with van der Waals surface area (Å²) in [5, 5.41) is 10.4. The molecule has 5 saturated heterocycles. The molecule has 8 rings (SSSR count). The highest BCUT2D eigenvalue weighted by Crippen LogP contribution is 2.57. The van der Waals surface area contributed by atoms with Crippen LogP contribution >= 0.6 is 0 Å². The minimum absolute atomic E-state index is 0.00928. The van der Waals surface area contributed by atoms with E-state index in [0.29, 0.717) is 32.3 Å². The average Bonchev–Trinajstić information content (AvgIpc) is 3.69. The van der Waals surface area contributed by atoms with Gasteiger partial charge in [-0.1, -0.05) is 18.6 Å². The smallest absolute Gasteiger partial charge is 0.309 e. The summed E-state index contributed by atoms with van der Waals surface area (Å²) in [5.41, 5.74) is 2.45. The normalized spacial score (nSPS) is 50.5. The van der Waals surface area contributed by atoms with Gasteiger partial charge >= 0.3 is 5.97 Å². The number of rotatable bonds is 9. The largest absolute Gasteiger partial charge is 0.469 e. The van der Waals surface area contributed by atoms with Crippen molar-refractivity contribution in [3.8, 4) is 0 Å². The molecule has 1 saturated carbocycles. The van der Waals surface area contributed by atoms with Crippen LogP contribution in [0.5, 0.6) is 0 Å². The molecule has 6 aliphatic heterocycles. The van der Waals surface area contributed by atoms with Crippen LogP contribution in [0.2, 0.25) is 0 Å². The lowest BCUT2D eigenvalue weighted by atomic mass is 9.55. The maximum atomic E-state index is 13.7. The number of carbonyl (C=O) groups excluding carboxylic acids is 1. The first-order chi connectivity index (χ1) is 26.8. The fourth-order valence-corrected chi connectivity index (χ4v) is 11.2. The van der Waals surface area contributed by atoms with E-state index in [4.69, 9.17) is 56.8 Å². The van der Waals surface area contributed by atoms with Crippen molar-refractivity contribution in [2.24, 2.45) is 23.2 Å². The third-order valence-electron chi connectivity index (χ3n) is 14.5. The minimum atomic E-state index is -0.745. The monoisotopic (exact) mass is 792 g/mol. The summed E-state index contributed by atoms with van der Waals surface area (Å²) >= 11 is 0. The summed E-state index contributed by atoms with van der Waals surface area (Å²) < 4.78 is 74.1. The van der Waals surface area contributed by atoms with Gasteiger partial charge in [-0.3, -0.25) is 4.79 Å². The predicted octanol–water partition coefficient (Wildman–Crippen LogP) is 4.69. The molecule has 19 atom stereocenters. The van der Waals surface area contributed by atoms with Gasteiger partial charge in [0.1, 0.15) is 24.4 Å². The van der Waals surface area contributed by atoms with E-state index in [9.17, 15) is 9.90 Å². The lowest BCUT2D eigenvalue weighted by molar-refractivity contribution is -0.338. The first-order valence-electron chi connectivity index (χ1n) is 20.9. The van der Waals surface area contributed by atoms with Crippen LogP contribution in [0.15, 0.2) is 23.5 Å². The van der Waals surface area contributed by atoms with E-state index in [1.54, 1.807) is 21.3 Å².